The van der Waals surface area contributed by atoms with Crippen molar-refractivity contribution < 1.29 is 4.74 Å². The molecule has 0 saturated carbocycles. The fraction of sp³-hybridized carbons (Fsp3) is 0.429. The number of ether oxygens (including phenoxy) is 1. The first-order valence-corrected chi connectivity index (χ1v) is 9.53. The molecule has 6 nitrogen and oxygen atoms in total. The van der Waals surface area contributed by atoms with Crippen molar-refractivity contribution in [3.63, 3.8) is 0 Å². The van der Waals surface area contributed by atoms with Gasteiger partial charge >= 0.3 is 0 Å². The van der Waals surface area contributed by atoms with E-state index in [0.29, 0.717) is 6.54 Å². The summed E-state index contributed by atoms with van der Waals surface area (Å²) in [6.45, 7) is 3.64. The molecule has 3 rings (SSSR count). The summed E-state index contributed by atoms with van der Waals surface area (Å²) in [5, 5.41) is 6.82. The maximum Gasteiger partial charge on any atom is 0.191 e. The molecule has 2 aromatic rings. The molecular formula is C21H29N5O. The average Bonchev–Trinajstić information content (AvgIpc) is 3.26. The third kappa shape index (κ3) is 5.20. The van der Waals surface area contributed by atoms with Gasteiger partial charge in [0.2, 0.25) is 0 Å². The van der Waals surface area contributed by atoms with Crippen LogP contribution in [-0.2, 0) is 6.54 Å². The lowest BCUT2D eigenvalue weighted by Gasteiger charge is -2.30. The fourth-order valence-electron chi connectivity index (χ4n) is 3.52. The zero-order valence-corrected chi connectivity index (χ0v) is 16.2. The Morgan fingerprint density at radius 1 is 1.15 bits per heavy atom. The van der Waals surface area contributed by atoms with Crippen molar-refractivity contribution in [1.82, 2.24) is 20.5 Å². The zero-order valence-electron chi connectivity index (χ0n) is 16.2. The Morgan fingerprint density at radius 3 is 2.63 bits per heavy atom. The Kier molecular flexibility index (Phi) is 7.04. The van der Waals surface area contributed by atoms with Gasteiger partial charge in [-0.2, -0.15) is 0 Å². The van der Waals surface area contributed by atoms with E-state index in [1.807, 2.05) is 30.3 Å². The van der Waals surface area contributed by atoms with Crippen molar-refractivity contribution in [3.8, 4) is 5.75 Å². The van der Waals surface area contributed by atoms with Gasteiger partial charge in [-0.15, -0.1) is 0 Å². The Morgan fingerprint density at radius 2 is 1.93 bits per heavy atom. The van der Waals surface area contributed by atoms with E-state index in [2.05, 4.69) is 37.6 Å². The number of aromatic nitrogens is 1. The Labute approximate surface area is 161 Å². The average molecular weight is 367 g/mol. The van der Waals surface area contributed by atoms with Gasteiger partial charge in [-0.1, -0.05) is 24.3 Å². The number of pyridine rings is 1. The van der Waals surface area contributed by atoms with E-state index in [-0.39, 0.29) is 6.04 Å². The lowest BCUT2D eigenvalue weighted by Crippen LogP contribution is -2.42. The van der Waals surface area contributed by atoms with Gasteiger partial charge in [-0.05, 0) is 44.1 Å². The Balaban J connectivity index is 1.66. The number of likely N-dealkylation sites (tertiary alicyclic amines) is 1. The Hall–Kier alpha value is -2.60. The molecule has 1 aromatic carbocycles. The summed E-state index contributed by atoms with van der Waals surface area (Å²) in [6.07, 6.45) is 4.30. The summed E-state index contributed by atoms with van der Waals surface area (Å²) >= 11 is 0. The van der Waals surface area contributed by atoms with Gasteiger partial charge in [0.25, 0.3) is 0 Å². The highest BCUT2D eigenvalue weighted by atomic mass is 16.5. The second-order valence-corrected chi connectivity index (χ2v) is 6.63. The summed E-state index contributed by atoms with van der Waals surface area (Å²) < 4.78 is 5.62. The Bertz CT molecular complexity index is 728. The van der Waals surface area contributed by atoms with Crippen LogP contribution in [0.2, 0.25) is 0 Å². The standard InChI is InChI=1S/C21H29N5O/c1-22-21(24-15-17-9-5-6-12-23-17)25-16-19(26-13-7-8-14-26)18-10-3-4-11-20(18)27-2/h3-6,9-12,19H,7-8,13-16H2,1-2H3,(H2,22,24,25). The van der Waals surface area contributed by atoms with E-state index < -0.39 is 0 Å². The summed E-state index contributed by atoms with van der Waals surface area (Å²) in [5.74, 6) is 1.72. The van der Waals surface area contributed by atoms with Crippen LogP contribution in [0.5, 0.6) is 5.75 Å². The highest BCUT2D eigenvalue weighted by Gasteiger charge is 2.25. The smallest absolute Gasteiger partial charge is 0.191 e. The molecule has 0 bridgehead atoms. The second kappa shape index (κ2) is 9.92. The van der Waals surface area contributed by atoms with Gasteiger partial charge in [-0.3, -0.25) is 14.9 Å². The molecule has 1 aliphatic rings. The fourth-order valence-corrected chi connectivity index (χ4v) is 3.52. The first-order valence-electron chi connectivity index (χ1n) is 9.53. The maximum atomic E-state index is 5.62. The predicted octanol–water partition coefficient (Wildman–Crippen LogP) is 2.59. The number of aliphatic imine (C=N–C) groups is 1. The molecule has 2 heterocycles. The molecule has 0 amide bonds. The predicted molar refractivity (Wildman–Crippen MR) is 109 cm³/mol. The van der Waals surface area contributed by atoms with Crippen LogP contribution in [0.3, 0.4) is 0 Å². The highest BCUT2D eigenvalue weighted by molar-refractivity contribution is 5.79. The van der Waals surface area contributed by atoms with Crippen LogP contribution in [0.1, 0.15) is 30.1 Å². The van der Waals surface area contributed by atoms with Crippen LogP contribution in [-0.4, -0.2) is 49.6 Å². The number of guanidine groups is 1. The number of nitrogens with zero attached hydrogens (tertiary/aromatic N) is 3. The van der Waals surface area contributed by atoms with Crippen LogP contribution < -0.4 is 15.4 Å². The summed E-state index contributed by atoms with van der Waals surface area (Å²) in [6, 6.07) is 14.5. The summed E-state index contributed by atoms with van der Waals surface area (Å²) in [4.78, 5) is 11.2. The first-order chi connectivity index (χ1) is 13.3. The highest BCUT2D eigenvalue weighted by Crippen LogP contribution is 2.31. The molecule has 1 fully saturated rings. The molecule has 1 aliphatic heterocycles. The normalized spacial score (nSPS) is 16.1. The molecule has 0 radical (unpaired) electrons. The van der Waals surface area contributed by atoms with Gasteiger partial charge < -0.3 is 15.4 Å². The molecule has 1 atom stereocenters. The number of hydrogen-bond acceptors (Lipinski definition) is 4. The molecular weight excluding hydrogens is 338 g/mol. The number of benzene rings is 1. The quantitative estimate of drug-likeness (QED) is 0.582. The largest absolute Gasteiger partial charge is 0.496 e. The van der Waals surface area contributed by atoms with Crippen LogP contribution in [0, 0.1) is 0 Å². The van der Waals surface area contributed by atoms with Gasteiger partial charge in [0.15, 0.2) is 5.96 Å². The lowest BCUT2D eigenvalue weighted by molar-refractivity contribution is 0.239. The minimum Gasteiger partial charge on any atom is -0.496 e. The molecule has 6 heteroatoms. The third-order valence-electron chi connectivity index (χ3n) is 4.93. The van der Waals surface area contributed by atoms with Crippen LogP contribution in [0.25, 0.3) is 0 Å². The number of rotatable bonds is 7. The van der Waals surface area contributed by atoms with Gasteiger partial charge in [-0.25, -0.2) is 0 Å². The van der Waals surface area contributed by atoms with E-state index in [4.69, 9.17) is 4.74 Å². The van der Waals surface area contributed by atoms with Gasteiger partial charge in [0.05, 0.1) is 25.4 Å². The number of nitrogens with one attached hydrogen (secondary N) is 2. The number of para-hydroxylation sites is 1. The first kappa shape index (κ1) is 19.2. The molecule has 0 spiro atoms. The minimum absolute atomic E-state index is 0.247. The van der Waals surface area contributed by atoms with Gasteiger partial charge in [0.1, 0.15) is 5.75 Å². The lowest BCUT2D eigenvalue weighted by atomic mass is 10.0. The molecule has 1 aromatic heterocycles. The molecule has 0 aliphatic carbocycles. The molecule has 2 N–H and O–H groups in total. The van der Waals surface area contributed by atoms with E-state index >= 15 is 0 Å². The van der Waals surface area contributed by atoms with Crippen molar-refractivity contribution in [3.05, 3.63) is 59.9 Å². The van der Waals surface area contributed by atoms with Crippen molar-refractivity contribution in [1.29, 1.82) is 0 Å². The van der Waals surface area contributed by atoms with E-state index in [0.717, 1.165) is 37.0 Å². The SMILES string of the molecule is CN=C(NCc1ccccn1)NCC(c1ccccc1OC)N1CCCC1. The van der Waals surface area contributed by atoms with Crippen molar-refractivity contribution in [2.24, 2.45) is 4.99 Å². The second-order valence-electron chi connectivity index (χ2n) is 6.63. The van der Waals surface area contributed by atoms with E-state index in [1.54, 1.807) is 20.4 Å². The van der Waals surface area contributed by atoms with Crippen molar-refractivity contribution in [2.75, 3.05) is 33.8 Å². The molecule has 27 heavy (non-hydrogen) atoms. The van der Waals surface area contributed by atoms with E-state index in [9.17, 15) is 0 Å². The van der Waals surface area contributed by atoms with Crippen LogP contribution in [0.15, 0.2) is 53.7 Å². The number of methoxy groups -OCH3 is 1. The monoisotopic (exact) mass is 367 g/mol. The molecule has 1 unspecified atom stereocenters. The summed E-state index contributed by atoms with van der Waals surface area (Å²) in [5.41, 5.74) is 2.20. The maximum absolute atomic E-state index is 5.62. The van der Waals surface area contributed by atoms with Crippen molar-refractivity contribution >= 4 is 5.96 Å². The van der Waals surface area contributed by atoms with Gasteiger partial charge in [0, 0.05) is 25.4 Å². The minimum atomic E-state index is 0.247. The third-order valence-corrected chi connectivity index (χ3v) is 4.93. The van der Waals surface area contributed by atoms with E-state index in [1.165, 1.54) is 18.4 Å². The van der Waals surface area contributed by atoms with Crippen LogP contribution in [0.4, 0.5) is 0 Å². The molecule has 144 valence electrons. The molecule has 1 saturated heterocycles. The van der Waals surface area contributed by atoms with Crippen LogP contribution >= 0.6 is 0 Å². The topological polar surface area (TPSA) is 61.8 Å². The zero-order chi connectivity index (χ0) is 18.9. The number of hydrogen-bond donors (Lipinski definition) is 2. The summed E-state index contributed by atoms with van der Waals surface area (Å²) in [7, 11) is 3.53. The van der Waals surface area contributed by atoms with Crippen molar-refractivity contribution in [2.45, 2.75) is 25.4 Å².